The highest BCUT2D eigenvalue weighted by molar-refractivity contribution is 6.39. The smallest absolute Gasteiger partial charge is 0.330 e. The maximum absolute atomic E-state index is 13.0. The molecule has 0 radical (unpaired) electrons. The van der Waals surface area contributed by atoms with Crippen LogP contribution in [-0.2, 0) is 23.9 Å². The van der Waals surface area contributed by atoms with Crippen LogP contribution in [-0.4, -0.2) is 67.4 Å². The number of ether oxygens (including phenoxy) is 2. The van der Waals surface area contributed by atoms with Crippen molar-refractivity contribution in [2.45, 2.75) is 13.8 Å². The summed E-state index contributed by atoms with van der Waals surface area (Å²) in [6.45, 7) is 13.6. The van der Waals surface area contributed by atoms with E-state index in [1.54, 1.807) is 24.3 Å². The SMILES string of the molecule is C=CC(=O)OCCN(CC)c1ccc(C2=C([O-])C(=C3C=CC(=[N+](CC)CCOC(=O)C=C)C=C3)C2=O)cc1. The van der Waals surface area contributed by atoms with Gasteiger partial charge in [-0.2, -0.15) is 0 Å². The molecule has 1 aromatic rings. The molecule has 0 saturated heterocycles. The number of esters is 2. The van der Waals surface area contributed by atoms with Gasteiger partial charge in [-0.15, -0.1) is 0 Å². The molecule has 38 heavy (non-hydrogen) atoms. The van der Waals surface area contributed by atoms with Crippen molar-refractivity contribution >= 4 is 34.7 Å². The van der Waals surface area contributed by atoms with Gasteiger partial charge in [-0.05, 0) is 49.3 Å². The van der Waals surface area contributed by atoms with Crippen molar-refractivity contribution in [2.75, 3.05) is 44.3 Å². The number of Topliss-reactive ketones (excluding diaryl/α,β-unsaturated/α-hetero) is 1. The summed E-state index contributed by atoms with van der Waals surface area (Å²) in [7, 11) is 0. The molecule has 2 aliphatic carbocycles. The predicted octanol–water partition coefficient (Wildman–Crippen LogP) is 2.52. The third-order valence-corrected chi connectivity index (χ3v) is 6.26. The second-order valence-electron chi connectivity index (χ2n) is 8.40. The molecule has 2 aliphatic rings. The number of hydrogen-bond donors (Lipinski definition) is 0. The Balaban J connectivity index is 1.72. The molecular formula is C30H32N2O6. The van der Waals surface area contributed by atoms with Crippen LogP contribution in [0.5, 0.6) is 0 Å². The normalized spacial score (nSPS) is 14.3. The zero-order valence-corrected chi connectivity index (χ0v) is 21.8. The first-order valence-corrected chi connectivity index (χ1v) is 12.5. The highest BCUT2D eigenvalue weighted by Crippen LogP contribution is 2.37. The van der Waals surface area contributed by atoms with Crippen molar-refractivity contribution in [3.8, 4) is 0 Å². The van der Waals surface area contributed by atoms with Crippen molar-refractivity contribution < 1.29 is 33.5 Å². The summed E-state index contributed by atoms with van der Waals surface area (Å²) in [5.74, 6) is -1.48. The average molecular weight is 517 g/mol. The van der Waals surface area contributed by atoms with Gasteiger partial charge in [0.1, 0.15) is 19.8 Å². The van der Waals surface area contributed by atoms with Crippen LogP contribution in [0.1, 0.15) is 19.4 Å². The van der Waals surface area contributed by atoms with E-state index in [2.05, 4.69) is 13.2 Å². The van der Waals surface area contributed by atoms with Gasteiger partial charge in [0, 0.05) is 47.7 Å². The number of hydrogen-bond acceptors (Lipinski definition) is 7. The minimum Gasteiger partial charge on any atom is -0.871 e. The molecule has 8 heteroatoms. The fourth-order valence-corrected chi connectivity index (χ4v) is 4.17. The highest BCUT2D eigenvalue weighted by atomic mass is 16.5. The molecule has 0 N–H and O–H groups in total. The van der Waals surface area contributed by atoms with Crippen LogP contribution in [0.25, 0.3) is 5.57 Å². The van der Waals surface area contributed by atoms with Crippen molar-refractivity contribution in [3.63, 3.8) is 0 Å². The van der Waals surface area contributed by atoms with Gasteiger partial charge in [0.05, 0.1) is 6.54 Å². The maximum atomic E-state index is 13.0. The number of ketones is 1. The predicted molar refractivity (Wildman–Crippen MR) is 145 cm³/mol. The summed E-state index contributed by atoms with van der Waals surface area (Å²) < 4.78 is 12.1. The van der Waals surface area contributed by atoms with Crippen LogP contribution in [0.15, 0.2) is 90.8 Å². The Morgan fingerprint density at radius 2 is 1.55 bits per heavy atom. The summed E-state index contributed by atoms with van der Waals surface area (Å²) in [6.07, 6.45) is 9.47. The minimum atomic E-state index is -0.467. The van der Waals surface area contributed by atoms with Crippen molar-refractivity contribution in [2.24, 2.45) is 0 Å². The van der Waals surface area contributed by atoms with Crippen molar-refractivity contribution in [1.82, 2.24) is 0 Å². The molecule has 0 aromatic heterocycles. The highest BCUT2D eigenvalue weighted by Gasteiger charge is 2.30. The van der Waals surface area contributed by atoms with E-state index in [4.69, 9.17) is 9.47 Å². The van der Waals surface area contributed by atoms with Crippen LogP contribution >= 0.6 is 0 Å². The molecular weight excluding hydrogens is 484 g/mol. The lowest BCUT2D eigenvalue weighted by Gasteiger charge is -2.32. The van der Waals surface area contributed by atoms with E-state index in [-0.39, 0.29) is 35.9 Å². The molecule has 0 aliphatic heterocycles. The number of carbonyl (C=O) groups is 3. The van der Waals surface area contributed by atoms with Crippen LogP contribution < -0.4 is 10.0 Å². The van der Waals surface area contributed by atoms with E-state index in [9.17, 15) is 19.5 Å². The first kappa shape index (κ1) is 28.1. The summed E-state index contributed by atoms with van der Waals surface area (Å²) in [5.41, 5.74) is 3.29. The number of anilines is 1. The van der Waals surface area contributed by atoms with Crippen LogP contribution in [0.2, 0.25) is 0 Å². The number of likely N-dealkylation sites (N-methyl/N-ethyl adjacent to an activating group) is 2. The number of nitrogens with zero attached hydrogens (tertiary/aromatic N) is 2. The molecule has 0 fully saturated rings. The van der Waals surface area contributed by atoms with Crippen LogP contribution in [0.3, 0.4) is 0 Å². The Morgan fingerprint density at radius 1 is 0.947 bits per heavy atom. The fraction of sp³-hybridized carbons (Fsp3) is 0.267. The molecule has 0 spiro atoms. The fourth-order valence-electron chi connectivity index (χ4n) is 4.17. The van der Waals surface area contributed by atoms with Gasteiger partial charge in [0.15, 0.2) is 18.0 Å². The molecule has 0 unspecified atom stereocenters. The second-order valence-corrected chi connectivity index (χ2v) is 8.40. The average Bonchev–Trinajstić information content (AvgIpc) is 2.94. The standard InChI is InChI=1S/C30H32N2O6/c1-5-25(33)37-19-17-31(7-3)23-13-9-21(10-14-23)27-29(35)28(30(27)36)22-11-15-24(16-12-22)32(8-4)18-20-38-26(34)6-2/h5-6,9-16H,1-2,7-8,17-20H2,3-4H3. The molecule has 0 heterocycles. The van der Waals surface area contributed by atoms with Gasteiger partial charge in [0.25, 0.3) is 0 Å². The Hall–Kier alpha value is -4.46. The lowest BCUT2D eigenvalue weighted by Crippen LogP contribution is -2.30. The lowest BCUT2D eigenvalue weighted by atomic mass is 9.80. The monoisotopic (exact) mass is 516 g/mol. The van der Waals surface area contributed by atoms with Gasteiger partial charge in [0.2, 0.25) is 0 Å². The third-order valence-electron chi connectivity index (χ3n) is 6.26. The summed E-state index contributed by atoms with van der Waals surface area (Å²) in [4.78, 5) is 37.5. The minimum absolute atomic E-state index is 0.179. The van der Waals surface area contributed by atoms with E-state index in [1.807, 2.05) is 47.6 Å². The van der Waals surface area contributed by atoms with E-state index in [1.165, 1.54) is 0 Å². The largest absolute Gasteiger partial charge is 0.871 e. The Kier molecular flexibility index (Phi) is 9.76. The molecule has 0 saturated carbocycles. The van der Waals surface area contributed by atoms with E-state index >= 15 is 0 Å². The van der Waals surface area contributed by atoms with Crippen molar-refractivity contribution in [1.29, 1.82) is 0 Å². The van der Waals surface area contributed by atoms with Gasteiger partial charge >= 0.3 is 11.9 Å². The van der Waals surface area contributed by atoms with Crippen molar-refractivity contribution in [3.05, 3.63) is 96.3 Å². The van der Waals surface area contributed by atoms with E-state index < -0.39 is 11.9 Å². The molecule has 1 aromatic carbocycles. The molecule has 8 nitrogen and oxygen atoms in total. The van der Waals surface area contributed by atoms with Crippen LogP contribution in [0.4, 0.5) is 5.69 Å². The third kappa shape index (κ3) is 6.45. The van der Waals surface area contributed by atoms with Gasteiger partial charge in [-0.1, -0.05) is 31.0 Å². The number of benzene rings is 1. The molecule has 0 atom stereocenters. The topological polar surface area (TPSA) is 99.0 Å². The zero-order valence-electron chi connectivity index (χ0n) is 21.8. The van der Waals surface area contributed by atoms with E-state index in [0.717, 1.165) is 23.6 Å². The first-order valence-electron chi connectivity index (χ1n) is 12.5. The number of allylic oxidation sites excluding steroid dienone is 7. The lowest BCUT2D eigenvalue weighted by molar-refractivity contribution is -0.524. The molecule has 3 rings (SSSR count). The summed E-state index contributed by atoms with van der Waals surface area (Å²) >= 11 is 0. The van der Waals surface area contributed by atoms with Gasteiger partial charge < -0.3 is 19.5 Å². The quantitative estimate of drug-likeness (QED) is 0.239. The second kappa shape index (κ2) is 13.2. The number of rotatable bonds is 12. The molecule has 0 bridgehead atoms. The first-order chi connectivity index (χ1) is 18.3. The molecule has 0 amide bonds. The zero-order chi connectivity index (χ0) is 27.7. The van der Waals surface area contributed by atoms with Gasteiger partial charge in [-0.25, -0.2) is 14.2 Å². The summed E-state index contributed by atoms with van der Waals surface area (Å²) in [6, 6.07) is 7.22. The van der Waals surface area contributed by atoms with Gasteiger partial charge in [-0.3, -0.25) is 4.79 Å². The van der Waals surface area contributed by atoms with E-state index in [0.29, 0.717) is 37.3 Å². The maximum Gasteiger partial charge on any atom is 0.330 e. The van der Waals surface area contributed by atoms with Crippen LogP contribution in [0, 0.1) is 0 Å². The Bertz CT molecular complexity index is 1260. The summed E-state index contributed by atoms with van der Waals surface area (Å²) in [5, 5.41) is 13.0. The molecule has 198 valence electrons. The Morgan fingerprint density at radius 3 is 2.08 bits per heavy atom. The number of carbonyl (C=O) groups excluding carboxylic acids is 3. The Labute approximate surface area is 222 Å².